The molecule has 0 bridgehead atoms. The zero-order valence-corrected chi connectivity index (χ0v) is 22.5. The lowest BCUT2D eigenvalue weighted by Gasteiger charge is -2.18. The summed E-state index contributed by atoms with van der Waals surface area (Å²) in [6.45, 7) is 0.245. The van der Waals surface area contributed by atoms with Crippen LogP contribution in [0.15, 0.2) is 65.6 Å². The van der Waals surface area contributed by atoms with Crippen molar-refractivity contribution in [2.24, 2.45) is 0 Å². The number of nitrogens with zero attached hydrogens (tertiary/aromatic N) is 3. The number of rotatable bonds is 14. The second-order valence-corrected chi connectivity index (χ2v) is 10.1. The first-order chi connectivity index (χ1) is 19.0. The van der Waals surface area contributed by atoms with E-state index in [1.54, 1.807) is 25.4 Å². The SMILES string of the molecule is CNn1cc(-c2nnc(Cc3ccc(F)cc3)s2)c(=O)c(OCc2ccccc2)c1C(=O)CCCCCCO. The summed E-state index contributed by atoms with van der Waals surface area (Å²) < 4.78 is 20.8. The maximum Gasteiger partial charge on any atom is 0.234 e. The molecule has 0 aliphatic carbocycles. The summed E-state index contributed by atoms with van der Waals surface area (Å²) in [5, 5.41) is 18.5. The molecule has 39 heavy (non-hydrogen) atoms. The third-order valence-corrected chi connectivity index (χ3v) is 7.13. The average molecular weight is 551 g/mol. The smallest absolute Gasteiger partial charge is 0.234 e. The van der Waals surface area contributed by atoms with Crippen molar-refractivity contribution in [3.63, 3.8) is 0 Å². The standard InChI is InChI=1S/C29H31FN4O4S/c1-31-34-18-23(29-33-32-25(39-29)17-20-12-14-22(30)15-13-20)27(37)28(38-19-21-9-5-4-6-10-21)26(34)24(36)11-7-2-3-8-16-35/h4-6,9-10,12-15,18,31,35H,2-3,7-8,11,16-17,19H2,1H3. The number of hydrogen-bond donors (Lipinski definition) is 2. The van der Waals surface area contributed by atoms with Gasteiger partial charge < -0.3 is 15.3 Å². The lowest BCUT2D eigenvalue weighted by Crippen LogP contribution is -2.26. The second kappa shape index (κ2) is 13.8. The van der Waals surface area contributed by atoms with Gasteiger partial charge in [0.2, 0.25) is 5.43 Å². The van der Waals surface area contributed by atoms with Gasteiger partial charge in [-0.3, -0.25) is 14.3 Å². The van der Waals surface area contributed by atoms with E-state index >= 15 is 0 Å². The minimum Gasteiger partial charge on any atom is -0.483 e. The van der Waals surface area contributed by atoms with Gasteiger partial charge >= 0.3 is 0 Å². The number of ketones is 1. The molecule has 2 aromatic heterocycles. The van der Waals surface area contributed by atoms with Crippen LogP contribution in [0.2, 0.25) is 0 Å². The van der Waals surface area contributed by atoms with Gasteiger partial charge in [-0.15, -0.1) is 10.2 Å². The minimum atomic E-state index is -0.439. The third kappa shape index (κ3) is 7.36. The van der Waals surface area contributed by atoms with Crippen molar-refractivity contribution in [2.75, 3.05) is 19.1 Å². The first-order valence-corrected chi connectivity index (χ1v) is 13.7. The van der Waals surface area contributed by atoms with E-state index in [0.717, 1.165) is 24.0 Å². The van der Waals surface area contributed by atoms with E-state index in [2.05, 4.69) is 15.6 Å². The first kappa shape index (κ1) is 28.1. The topological polar surface area (TPSA) is 106 Å². The molecule has 0 atom stereocenters. The quantitative estimate of drug-likeness (QED) is 0.169. The van der Waals surface area contributed by atoms with Crippen molar-refractivity contribution in [1.82, 2.24) is 14.9 Å². The van der Waals surface area contributed by atoms with Crippen LogP contribution >= 0.6 is 11.3 Å². The Hall–Kier alpha value is -3.89. The molecule has 0 fully saturated rings. The van der Waals surface area contributed by atoms with Crippen molar-refractivity contribution in [3.8, 4) is 16.3 Å². The highest BCUT2D eigenvalue weighted by molar-refractivity contribution is 7.14. The molecular weight excluding hydrogens is 519 g/mol. The number of carbonyl (C=O) groups excluding carboxylic acids is 1. The summed E-state index contributed by atoms with van der Waals surface area (Å²) in [7, 11) is 1.66. The number of aliphatic hydroxyl groups excluding tert-OH is 1. The summed E-state index contributed by atoms with van der Waals surface area (Å²) in [5.41, 5.74) is 4.69. The highest BCUT2D eigenvalue weighted by atomic mass is 32.1. The van der Waals surface area contributed by atoms with Crippen LogP contribution < -0.4 is 15.6 Å². The number of Topliss-reactive ketones (excluding diaryl/α,β-unsaturated/α-hetero) is 1. The van der Waals surface area contributed by atoms with E-state index in [1.165, 1.54) is 28.1 Å². The molecule has 204 valence electrons. The Bertz CT molecular complexity index is 1440. The van der Waals surface area contributed by atoms with Gasteiger partial charge in [-0.1, -0.05) is 66.6 Å². The van der Waals surface area contributed by atoms with Gasteiger partial charge in [0.15, 0.2) is 22.2 Å². The lowest BCUT2D eigenvalue weighted by atomic mass is 10.1. The molecule has 0 radical (unpaired) electrons. The number of aliphatic hydroxyl groups is 1. The van der Waals surface area contributed by atoms with Crippen LogP contribution in [0.5, 0.6) is 5.75 Å². The molecule has 0 aliphatic heterocycles. The van der Waals surface area contributed by atoms with E-state index in [-0.39, 0.29) is 48.2 Å². The van der Waals surface area contributed by atoms with Gasteiger partial charge in [0.1, 0.15) is 17.4 Å². The van der Waals surface area contributed by atoms with Gasteiger partial charge in [0.25, 0.3) is 0 Å². The predicted molar refractivity (Wildman–Crippen MR) is 149 cm³/mol. The molecule has 2 heterocycles. The van der Waals surface area contributed by atoms with E-state index < -0.39 is 5.43 Å². The molecule has 8 nitrogen and oxygen atoms in total. The number of halogens is 1. The van der Waals surface area contributed by atoms with Gasteiger partial charge in [0.05, 0.1) is 5.56 Å². The van der Waals surface area contributed by atoms with Crippen LogP contribution in [0.3, 0.4) is 0 Å². The predicted octanol–water partition coefficient (Wildman–Crippen LogP) is 4.97. The summed E-state index contributed by atoms with van der Waals surface area (Å²) in [6.07, 6.45) is 5.21. The van der Waals surface area contributed by atoms with Crippen molar-refractivity contribution in [1.29, 1.82) is 0 Å². The summed E-state index contributed by atoms with van der Waals surface area (Å²) in [5.74, 6) is -0.567. The van der Waals surface area contributed by atoms with E-state index in [0.29, 0.717) is 29.3 Å². The number of pyridine rings is 1. The summed E-state index contributed by atoms with van der Waals surface area (Å²) >= 11 is 1.26. The van der Waals surface area contributed by atoms with Crippen molar-refractivity contribution in [2.45, 2.75) is 45.1 Å². The monoisotopic (exact) mass is 550 g/mol. The number of benzene rings is 2. The largest absolute Gasteiger partial charge is 0.483 e. The highest BCUT2D eigenvalue weighted by Gasteiger charge is 2.25. The molecule has 0 unspecified atom stereocenters. The summed E-state index contributed by atoms with van der Waals surface area (Å²) in [6, 6.07) is 15.6. The number of hydrogen-bond acceptors (Lipinski definition) is 8. The molecule has 0 aliphatic rings. The zero-order chi connectivity index (χ0) is 27.6. The van der Waals surface area contributed by atoms with Crippen molar-refractivity contribution < 1.29 is 19.0 Å². The Labute approximate surface area is 230 Å². The zero-order valence-electron chi connectivity index (χ0n) is 21.7. The Balaban J connectivity index is 1.66. The van der Waals surface area contributed by atoms with Gasteiger partial charge in [-0.05, 0) is 36.1 Å². The third-order valence-electron chi connectivity index (χ3n) is 6.17. The molecule has 4 aromatic rings. The molecule has 0 amide bonds. The van der Waals surface area contributed by atoms with Crippen LogP contribution in [-0.4, -0.2) is 39.4 Å². The molecule has 4 rings (SSSR count). The van der Waals surface area contributed by atoms with E-state index in [4.69, 9.17) is 9.84 Å². The Kier molecular flexibility index (Phi) is 9.93. The highest BCUT2D eigenvalue weighted by Crippen LogP contribution is 2.27. The fraction of sp³-hybridized carbons (Fsp3) is 0.310. The molecule has 0 saturated carbocycles. The Morgan fingerprint density at radius 2 is 1.77 bits per heavy atom. The maximum atomic E-state index is 13.8. The number of carbonyl (C=O) groups is 1. The Morgan fingerprint density at radius 3 is 2.49 bits per heavy atom. The average Bonchev–Trinajstić information content (AvgIpc) is 3.41. The number of nitrogens with one attached hydrogen (secondary N) is 1. The second-order valence-electron chi connectivity index (χ2n) is 9.03. The minimum absolute atomic E-state index is 0.0404. The molecule has 2 aromatic carbocycles. The fourth-order valence-electron chi connectivity index (χ4n) is 4.12. The first-order valence-electron chi connectivity index (χ1n) is 12.9. The van der Waals surface area contributed by atoms with E-state index in [9.17, 15) is 14.0 Å². The molecule has 0 spiro atoms. The number of ether oxygens (including phenoxy) is 1. The van der Waals surface area contributed by atoms with Crippen molar-refractivity contribution >= 4 is 17.1 Å². The van der Waals surface area contributed by atoms with Crippen molar-refractivity contribution in [3.05, 3.63) is 98.7 Å². The van der Waals surface area contributed by atoms with Crippen LogP contribution in [0, 0.1) is 5.82 Å². The van der Waals surface area contributed by atoms with Gasteiger partial charge in [-0.25, -0.2) is 4.39 Å². The molecule has 0 saturated heterocycles. The molecular formula is C29H31FN4O4S. The van der Waals surface area contributed by atoms with Gasteiger partial charge in [-0.2, -0.15) is 0 Å². The van der Waals surface area contributed by atoms with Crippen LogP contribution in [0.25, 0.3) is 10.6 Å². The number of unbranched alkanes of at least 4 members (excludes halogenated alkanes) is 3. The maximum absolute atomic E-state index is 13.8. The normalized spacial score (nSPS) is 10.9. The van der Waals surface area contributed by atoms with Crippen LogP contribution in [0.1, 0.15) is 58.7 Å². The fourth-order valence-corrected chi connectivity index (χ4v) is 5.01. The van der Waals surface area contributed by atoms with Gasteiger partial charge in [0, 0.05) is 32.7 Å². The molecule has 10 heteroatoms. The lowest BCUT2D eigenvalue weighted by molar-refractivity contribution is 0.0965. The number of aromatic nitrogens is 3. The Morgan fingerprint density at radius 1 is 1.03 bits per heavy atom. The van der Waals surface area contributed by atoms with Crippen LogP contribution in [-0.2, 0) is 13.0 Å². The summed E-state index contributed by atoms with van der Waals surface area (Å²) in [4.78, 5) is 27.1. The molecule has 2 N–H and O–H groups in total. The van der Waals surface area contributed by atoms with E-state index in [1.807, 2.05) is 30.3 Å². The van der Waals surface area contributed by atoms with Crippen LogP contribution in [0.4, 0.5) is 4.39 Å².